The highest BCUT2D eigenvalue weighted by atomic mass is 16.3. The van der Waals surface area contributed by atoms with Gasteiger partial charge in [0.25, 0.3) is 5.91 Å². The van der Waals surface area contributed by atoms with Crippen LogP contribution in [0.25, 0.3) is 0 Å². The maximum atomic E-state index is 12.6. The third-order valence-electron chi connectivity index (χ3n) is 4.46. The molecule has 5 nitrogen and oxygen atoms in total. The van der Waals surface area contributed by atoms with Gasteiger partial charge in [-0.2, -0.15) is 0 Å². The summed E-state index contributed by atoms with van der Waals surface area (Å²) in [6, 6.07) is 20.2. The molecule has 0 aliphatic rings. The van der Waals surface area contributed by atoms with Crippen molar-refractivity contribution < 1.29 is 19.3 Å². The number of hydrogen-bond donors (Lipinski definition) is 2. The first kappa shape index (κ1) is 18.6. The summed E-state index contributed by atoms with van der Waals surface area (Å²) in [5.41, 5.74) is 2.35. The third kappa shape index (κ3) is 4.71. The topological polar surface area (TPSA) is 75.9 Å². The smallest absolute Gasteiger partial charge is 0.282 e. The average molecular weight is 363 g/mol. The Bertz CT molecular complexity index is 887. The summed E-state index contributed by atoms with van der Waals surface area (Å²) in [4.78, 5) is 24.0. The lowest BCUT2D eigenvalue weighted by atomic mass is 10.0. The third-order valence-corrected chi connectivity index (χ3v) is 4.46. The lowest BCUT2D eigenvalue weighted by molar-refractivity contribution is -0.706. The number of carbonyl (C=O) groups excluding carboxylic acids is 2. The van der Waals surface area contributed by atoms with E-state index in [2.05, 4.69) is 5.32 Å². The van der Waals surface area contributed by atoms with Gasteiger partial charge in [-0.15, -0.1) is 0 Å². The van der Waals surface area contributed by atoms with Crippen LogP contribution in [0.4, 0.5) is 5.69 Å². The van der Waals surface area contributed by atoms with E-state index in [1.54, 1.807) is 30.5 Å². The molecular formula is C22H23N2O3+. The van der Waals surface area contributed by atoms with Crippen LogP contribution in [-0.4, -0.2) is 17.7 Å². The first-order chi connectivity index (χ1) is 13.0. The molecule has 2 atom stereocenters. The molecule has 0 fully saturated rings. The van der Waals surface area contributed by atoms with Gasteiger partial charge >= 0.3 is 0 Å². The fraction of sp³-hybridized carbons (Fsp3) is 0.182. The Labute approximate surface area is 158 Å². The van der Waals surface area contributed by atoms with E-state index in [0.717, 1.165) is 11.3 Å². The Balaban J connectivity index is 1.70. The number of ketones is 1. The standard InChI is InChI=1S/C22H22N2O3/c1-15(22(26)24-19-12-10-17(11-13-19)16(2)25)23-21(20-9-6-14-27-20)18-7-4-3-5-8-18/h3-15,21,23H,1-2H3,(H,24,26)/p+1/t15-,21+/m1/s1. The molecule has 0 aliphatic heterocycles. The summed E-state index contributed by atoms with van der Waals surface area (Å²) < 4.78 is 5.59. The van der Waals surface area contributed by atoms with Crippen LogP contribution in [0.15, 0.2) is 77.4 Å². The van der Waals surface area contributed by atoms with Crippen LogP contribution in [0.2, 0.25) is 0 Å². The summed E-state index contributed by atoms with van der Waals surface area (Å²) in [7, 11) is 0. The molecule has 0 aliphatic carbocycles. The molecule has 1 heterocycles. The molecule has 138 valence electrons. The summed E-state index contributed by atoms with van der Waals surface area (Å²) in [5, 5.41) is 4.88. The number of furan rings is 1. The molecule has 0 spiro atoms. The highest BCUT2D eigenvalue weighted by Crippen LogP contribution is 2.19. The summed E-state index contributed by atoms with van der Waals surface area (Å²) in [5.74, 6) is 0.684. The molecule has 1 amide bonds. The second-order valence-corrected chi connectivity index (χ2v) is 6.51. The highest BCUT2D eigenvalue weighted by molar-refractivity contribution is 5.96. The van der Waals surface area contributed by atoms with Gasteiger partial charge in [0.15, 0.2) is 23.6 Å². The van der Waals surface area contributed by atoms with Gasteiger partial charge < -0.3 is 15.1 Å². The van der Waals surface area contributed by atoms with Crippen LogP contribution in [0.5, 0.6) is 0 Å². The monoisotopic (exact) mass is 363 g/mol. The lowest BCUT2D eigenvalue weighted by Gasteiger charge is -2.18. The molecule has 0 radical (unpaired) electrons. The Morgan fingerprint density at radius 2 is 1.67 bits per heavy atom. The SMILES string of the molecule is CC(=O)c1ccc(NC(=O)[C@@H](C)[NH2+][C@@H](c2ccccc2)c2ccco2)cc1. The molecule has 27 heavy (non-hydrogen) atoms. The first-order valence-corrected chi connectivity index (χ1v) is 8.90. The largest absolute Gasteiger partial charge is 0.463 e. The van der Waals surface area contributed by atoms with E-state index < -0.39 is 0 Å². The van der Waals surface area contributed by atoms with E-state index in [1.165, 1.54) is 6.92 Å². The average Bonchev–Trinajstić information content (AvgIpc) is 3.21. The summed E-state index contributed by atoms with van der Waals surface area (Å²) in [6.07, 6.45) is 1.64. The Hall–Kier alpha value is -3.18. The molecule has 0 bridgehead atoms. The molecule has 2 aromatic carbocycles. The van der Waals surface area contributed by atoms with Crippen LogP contribution in [0.3, 0.4) is 0 Å². The Morgan fingerprint density at radius 3 is 2.26 bits per heavy atom. The van der Waals surface area contributed by atoms with Gasteiger partial charge in [0.1, 0.15) is 0 Å². The molecule has 0 saturated heterocycles. The van der Waals surface area contributed by atoms with E-state index in [1.807, 2.05) is 54.7 Å². The van der Waals surface area contributed by atoms with Gasteiger partial charge in [-0.3, -0.25) is 9.59 Å². The maximum absolute atomic E-state index is 12.6. The molecule has 3 N–H and O–H groups in total. The van der Waals surface area contributed by atoms with Gasteiger partial charge in [-0.1, -0.05) is 30.3 Å². The number of quaternary nitrogens is 1. The minimum atomic E-state index is -0.340. The Kier molecular flexibility index (Phi) is 5.84. The number of carbonyl (C=O) groups is 2. The first-order valence-electron chi connectivity index (χ1n) is 8.90. The predicted molar refractivity (Wildman–Crippen MR) is 103 cm³/mol. The number of hydrogen-bond acceptors (Lipinski definition) is 3. The minimum Gasteiger partial charge on any atom is -0.463 e. The van der Waals surface area contributed by atoms with Crippen molar-refractivity contribution in [3.05, 3.63) is 89.9 Å². The molecule has 3 aromatic rings. The van der Waals surface area contributed by atoms with Crippen molar-refractivity contribution in [1.29, 1.82) is 0 Å². The second-order valence-electron chi connectivity index (χ2n) is 6.51. The van der Waals surface area contributed by atoms with E-state index in [0.29, 0.717) is 11.3 Å². The van der Waals surface area contributed by atoms with Crippen molar-refractivity contribution in [2.24, 2.45) is 0 Å². The van der Waals surface area contributed by atoms with Crippen molar-refractivity contribution in [1.82, 2.24) is 0 Å². The van der Waals surface area contributed by atoms with Crippen LogP contribution in [-0.2, 0) is 4.79 Å². The van der Waals surface area contributed by atoms with Crippen molar-refractivity contribution in [2.75, 3.05) is 5.32 Å². The fourth-order valence-electron chi connectivity index (χ4n) is 2.92. The molecule has 0 saturated carbocycles. The van der Waals surface area contributed by atoms with Gasteiger partial charge in [0, 0.05) is 16.8 Å². The van der Waals surface area contributed by atoms with Crippen LogP contribution in [0, 0.1) is 0 Å². The normalized spacial score (nSPS) is 13.0. The fourth-order valence-corrected chi connectivity index (χ4v) is 2.92. The van der Waals surface area contributed by atoms with Crippen LogP contribution < -0.4 is 10.6 Å². The molecule has 0 unspecified atom stereocenters. The van der Waals surface area contributed by atoms with Gasteiger partial charge in [0.2, 0.25) is 0 Å². The molecule has 3 rings (SSSR count). The van der Waals surface area contributed by atoms with E-state index in [9.17, 15) is 9.59 Å². The highest BCUT2D eigenvalue weighted by Gasteiger charge is 2.26. The zero-order valence-corrected chi connectivity index (χ0v) is 15.4. The van der Waals surface area contributed by atoms with Crippen LogP contribution in [0.1, 0.15) is 41.6 Å². The molecule has 1 aromatic heterocycles. The zero-order valence-electron chi connectivity index (χ0n) is 15.4. The minimum absolute atomic E-state index is 0.00118. The van der Waals surface area contributed by atoms with Crippen molar-refractivity contribution in [2.45, 2.75) is 25.9 Å². The van der Waals surface area contributed by atoms with E-state index in [-0.39, 0.29) is 23.8 Å². The lowest BCUT2D eigenvalue weighted by Crippen LogP contribution is -2.92. The van der Waals surface area contributed by atoms with Crippen molar-refractivity contribution >= 4 is 17.4 Å². The molecule has 5 heteroatoms. The zero-order chi connectivity index (χ0) is 19.2. The summed E-state index contributed by atoms with van der Waals surface area (Å²) in [6.45, 7) is 3.38. The number of rotatable bonds is 7. The number of Topliss-reactive ketones (excluding diaryl/α,β-unsaturated/α-hetero) is 1. The van der Waals surface area contributed by atoms with Crippen molar-refractivity contribution in [3.63, 3.8) is 0 Å². The van der Waals surface area contributed by atoms with Gasteiger partial charge in [-0.05, 0) is 50.2 Å². The second kappa shape index (κ2) is 8.47. The number of nitrogens with two attached hydrogens (primary N) is 1. The quantitative estimate of drug-likeness (QED) is 0.633. The van der Waals surface area contributed by atoms with Crippen molar-refractivity contribution in [3.8, 4) is 0 Å². The number of anilines is 1. The van der Waals surface area contributed by atoms with Crippen LogP contribution >= 0.6 is 0 Å². The van der Waals surface area contributed by atoms with E-state index in [4.69, 9.17) is 4.42 Å². The van der Waals surface area contributed by atoms with Gasteiger partial charge in [0.05, 0.1) is 6.26 Å². The van der Waals surface area contributed by atoms with E-state index >= 15 is 0 Å². The Morgan fingerprint density at radius 1 is 0.963 bits per heavy atom. The predicted octanol–water partition coefficient (Wildman–Crippen LogP) is 3.16. The maximum Gasteiger partial charge on any atom is 0.282 e. The molecular weight excluding hydrogens is 340 g/mol. The summed E-state index contributed by atoms with van der Waals surface area (Å²) >= 11 is 0. The van der Waals surface area contributed by atoms with Gasteiger partial charge in [-0.25, -0.2) is 0 Å². The number of benzene rings is 2. The number of amides is 1. The number of nitrogens with one attached hydrogen (secondary N) is 1.